The van der Waals surface area contributed by atoms with E-state index in [0.29, 0.717) is 5.92 Å². The van der Waals surface area contributed by atoms with Crippen LogP contribution in [0.5, 0.6) is 0 Å². The van der Waals surface area contributed by atoms with Gasteiger partial charge in [-0.15, -0.1) is 0 Å². The molecule has 9 heavy (non-hydrogen) atoms. The summed E-state index contributed by atoms with van der Waals surface area (Å²) in [6.45, 7) is 2.29. The summed E-state index contributed by atoms with van der Waals surface area (Å²) < 4.78 is 0. The first-order valence-electron chi connectivity index (χ1n) is 3.83. The molecule has 1 N–H and O–H groups in total. The van der Waals surface area contributed by atoms with E-state index in [-0.39, 0.29) is 0 Å². The third-order valence-corrected chi connectivity index (χ3v) is 2.21. The molecule has 1 aliphatic carbocycles. The van der Waals surface area contributed by atoms with Crippen molar-refractivity contribution in [3.05, 3.63) is 0 Å². The molecule has 2 atom stereocenters. The molecule has 0 radical (unpaired) electrons. The van der Waals surface area contributed by atoms with Gasteiger partial charge in [0.05, 0.1) is 0 Å². The first-order valence-corrected chi connectivity index (χ1v) is 3.83. The lowest BCUT2D eigenvalue weighted by molar-refractivity contribution is 0.343. The second kappa shape index (κ2) is 3.00. The fourth-order valence-corrected chi connectivity index (χ4v) is 1.63. The van der Waals surface area contributed by atoms with Crippen LogP contribution in [0, 0.1) is 17.2 Å². The van der Waals surface area contributed by atoms with Crippen molar-refractivity contribution in [2.24, 2.45) is 11.8 Å². The predicted octanol–water partition coefficient (Wildman–Crippen LogP) is 2.46. The Morgan fingerprint density at radius 3 is 2.67 bits per heavy atom. The summed E-state index contributed by atoms with van der Waals surface area (Å²) in [5.41, 5.74) is 0. The Hall–Kier alpha value is -0.330. The van der Waals surface area contributed by atoms with Gasteiger partial charge in [-0.05, 0) is 30.9 Å². The summed E-state index contributed by atoms with van der Waals surface area (Å²) in [5, 5.41) is 7.06. The van der Waals surface area contributed by atoms with Gasteiger partial charge in [0.1, 0.15) is 0 Å². The largest absolute Gasteiger partial charge is 0.313 e. The van der Waals surface area contributed by atoms with Gasteiger partial charge < -0.3 is 5.41 Å². The van der Waals surface area contributed by atoms with E-state index in [9.17, 15) is 0 Å². The maximum absolute atomic E-state index is 7.06. The van der Waals surface area contributed by atoms with Crippen LogP contribution in [0.4, 0.5) is 0 Å². The maximum atomic E-state index is 7.06. The van der Waals surface area contributed by atoms with Gasteiger partial charge in [0.25, 0.3) is 0 Å². The lowest BCUT2D eigenvalue weighted by atomic mass is 9.83. The second-order valence-corrected chi connectivity index (χ2v) is 3.20. The van der Waals surface area contributed by atoms with E-state index in [1.807, 2.05) is 0 Å². The molecule has 0 heterocycles. The lowest BCUT2D eigenvalue weighted by Gasteiger charge is -2.22. The summed E-state index contributed by atoms with van der Waals surface area (Å²) >= 11 is 0. The minimum Gasteiger partial charge on any atom is -0.313 e. The number of rotatable bonds is 1. The highest BCUT2D eigenvalue weighted by molar-refractivity contribution is 5.56. The molecular weight excluding hydrogens is 110 g/mol. The molecule has 52 valence electrons. The monoisotopic (exact) mass is 125 g/mol. The van der Waals surface area contributed by atoms with Crippen molar-refractivity contribution in [3.63, 3.8) is 0 Å². The molecule has 0 bridgehead atoms. The normalized spacial score (nSPS) is 36.1. The molecule has 0 aromatic heterocycles. The summed E-state index contributed by atoms with van der Waals surface area (Å²) in [7, 11) is 0. The minimum atomic E-state index is 0.605. The SMILES string of the molecule is CC1CCCC(C=N)C1. The lowest BCUT2D eigenvalue weighted by Crippen LogP contribution is -2.13. The summed E-state index contributed by atoms with van der Waals surface area (Å²) in [4.78, 5) is 0. The van der Waals surface area contributed by atoms with E-state index in [1.54, 1.807) is 6.21 Å². The smallest absolute Gasteiger partial charge is 0.00166 e. The Kier molecular flexibility index (Phi) is 2.26. The molecule has 1 fully saturated rings. The van der Waals surface area contributed by atoms with Crippen LogP contribution >= 0.6 is 0 Å². The molecular formula is C8H15N. The topological polar surface area (TPSA) is 23.9 Å². The van der Waals surface area contributed by atoms with E-state index >= 15 is 0 Å². The van der Waals surface area contributed by atoms with E-state index < -0.39 is 0 Å². The van der Waals surface area contributed by atoms with Crippen LogP contribution in [0.3, 0.4) is 0 Å². The molecule has 0 amide bonds. The van der Waals surface area contributed by atoms with Gasteiger partial charge >= 0.3 is 0 Å². The highest BCUT2D eigenvalue weighted by Gasteiger charge is 2.15. The van der Waals surface area contributed by atoms with E-state index in [0.717, 1.165) is 5.92 Å². The Labute approximate surface area is 57.0 Å². The van der Waals surface area contributed by atoms with Crippen LogP contribution in [0.15, 0.2) is 0 Å². The third kappa shape index (κ3) is 1.81. The quantitative estimate of drug-likeness (QED) is 0.520. The fraction of sp³-hybridized carbons (Fsp3) is 0.875. The highest BCUT2D eigenvalue weighted by Crippen LogP contribution is 2.26. The molecule has 1 saturated carbocycles. The van der Waals surface area contributed by atoms with Crippen molar-refractivity contribution in [2.45, 2.75) is 32.6 Å². The predicted molar refractivity (Wildman–Crippen MR) is 39.9 cm³/mol. The van der Waals surface area contributed by atoms with Crippen LogP contribution in [0.25, 0.3) is 0 Å². The maximum Gasteiger partial charge on any atom is -0.00166 e. The minimum absolute atomic E-state index is 0.605. The average Bonchev–Trinajstić information content (AvgIpc) is 1.88. The van der Waals surface area contributed by atoms with Crippen molar-refractivity contribution < 1.29 is 0 Å². The zero-order chi connectivity index (χ0) is 6.69. The molecule has 0 aromatic carbocycles. The molecule has 0 aliphatic heterocycles. The van der Waals surface area contributed by atoms with Crippen LogP contribution in [-0.4, -0.2) is 6.21 Å². The Balaban J connectivity index is 2.31. The first kappa shape index (κ1) is 6.79. The zero-order valence-electron chi connectivity index (χ0n) is 6.06. The summed E-state index contributed by atoms with van der Waals surface area (Å²) in [6, 6.07) is 0. The first-order chi connectivity index (χ1) is 4.33. The van der Waals surface area contributed by atoms with Gasteiger partial charge in [-0.2, -0.15) is 0 Å². The van der Waals surface area contributed by atoms with E-state index in [2.05, 4.69) is 6.92 Å². The van der Waals surface area contributed by atoms with Crippen LogP contribution in [-0.2, 0) is 0 Å². The van der Waals surface area contributed by atoms with Crippen LogP contribution in [0.2, 0.25) is 0 Å². The van der Waals surface area contributed by atoms with E-state index in [1.165, 1.54) is 25.7 Å². The molecule has 0 spiro atoms. The van der Waals surface area contributed by atoms with Crippen LogP contribution in [0.1, 0.15) is 32.6 Å². The van der Waals surface area contributed by atoms with Crippen molar-refractivity contribution in [1.29, 1.82) is 5.41 Å². The van der Waals surface area contributed by atoms with Gasteiger partial charge in [-0.3, -0.25) is 0 Å². The van der Waals surface area contributed by atoms with E-state index in [4.69, 9.17) is 5.41 Å². The third-order valence-electron chi connectivity index (χ3n) is 2.21. The molecule has 0 aromatic rings. The number of hydrogen-bond acceptors (Lipinski definition) is 1. The van der Waals surface area contributed by atoms with Gasteiger partial charge in [0.2, 0.25) is 0 Å². The number of hydrogen-bond donors (Lipinski definition) is 1. The number of nitrogens with one attached hydrogen (secondary N) is 1. The highest BCUT2D eigenvalue weighted by atomic mass is 14.4. The van der Waals surface area contributed by atoms with Crippen molar-refractivity contribution in [1.82, 2.24) is 0 Å². The molecule has 1 rings (SSSR count). The average molecular weight is 125 g/mol. The molecule has 0 saturated heterocycles. The molecule has 1 nitrogen and oxygen atoms in total. The van der Waals surface area contributed by atoms with Crippen molar-refractivity contribution in [2.75, 3.05) is 0 Å². The van der Waals surface area contributed by atoms with Crippen molar-refractivity contribution in [3.8, 4) is 0 Å². The molecule has 1 aliphatic rings. The fourth-order valence-electron chi connectivity index (χ4n) is 1.63. The summed E-state index contributed by atoms with van der Waals surface area (Å²) in [5.74, 6) is 1.47. The zero-order valence-corrected chi connectivity index (χ0v) is 6.06. The Morgan fingerprint density at radius 2 is 2.22 bits per heavy atom. The van der Waals surface area contributed by atoms with Gasteiger partial charge in [0, 0.05) is 0 Å². The molecule has 2 unspecified atom stereocenters. The van der Waals surface area contributed by atoms with Crippen LogP contribution < -0.4 is 0 Å². The summed E-state index contributed by atoms with van der Waals surface area (Å²) in [6.07, 6.45) is 6.85. The van der Waals surface area contributed by atoms with Gasteiger partial charge in [-0.1, -0.05) is 19.8 Å². The Bertz CT molecular complexity index is 98.7. The van der Waals surface area contributed by atoms with Gasteiger partial charge in [0.15, 0.2) is 0 Å². The van der Waals surface area contributed by atoms with Gasteiger partial charge in [-0.25, -0.2) is 0 Å². The standard InChI is InChI=1S/C8H15N/c1-7-3-2-4-8(5-7)6-9/h6-9H,2-5H2,1H3. The molecule has 1 heteroatoms. The second-order valence-electron chi connectivity index (χ2n) is 3.20. The Morgan fingerprint density at radius 1 is 1.44 bits per heavy atom. The van der Waals surface area contributed by atoms with Crippen molar-refractivity contribution >= 4 is 6.21 Å².